The van der Waals surface area contributed by atoms with Gasteiger partial charge >= 0.3 is 0 Å². The van der Waals surface area contributed by atoms with Crippen molar-refractivity contribution in [2.75, 3.05) is 85.6 Å². The summed E-state index contributed by atoms with van der Waals surface area (Å²) in [5, 5.41) is 18.0. The number of nitrogens with two attached hydrogens (primary N) is 4. The van der Waals surface area contributed by atoms with Gasteiger partial charge in [-0.25, -0.2) is 0 Å². The van der Waals surface area contributed by atoms with Gasteiger partial charge < -0.3 is 64.6 Å². The summed E-state index contributed by atoms with van der Waals surface area (Å²) in [5.41, 5.74) is 22.9. The number of rotatable bonds is 62. The molecule has 5 amide bonds. The van der Waals surface area contributed by atoms with E-state index in [9.17, 15) is 28.8 Å². The van der Waals surface area contributed by atoms with Crippen LogP contribution in [0.3, 0.4) is 0 Å². The van der Waals surface area contributed by atoms with Crippen molar-refractivity contribution >= 4 is 110 Å². The van der Waals surface area contributed by atoms with Crippen molar-refractivity contribution in [2.24, 2.45) is 22.9 Å². The number of carbonyl (C=O) groups excluding carboxylic acids is 6. The Bertz CT molecular complexity index is 1800. The summed E-state index contributed by atoms with van der Waals surface area (Å²) < 4.78 is 0. The van der Waals surface area contributed by atoms with Gasteiger partial charge in [-0.2, -0.15) is 0 Å². The average Bonchev–Trinajstić information content (AvgIpc) is 1.21. The minimum absolute atomic E-state index is 0. The zero-order chi connectivity index (χ0) is 66.2. The second-order valence-corrected chi connectivity index (χ2v) is 25.7. The lowest BCUT2D eigenvalue weighted by Crippen LogP contribution is -2.48. The number of hydrogen-bond donors (Lipinski definition) is 10. The smallest absolute Gasteiger partial charge is 0.242 e. The largest absolute Gasteiger partial charge is 0.355 e. The Labute approximate surface area is 623 Å². The number of ketones is 1. The van der Waals surface area contributed by atoms with E-state index in [-0.39, 0.29) is 110 Å². The van der Waals surface area contributed by atoms with Crippen LogP contribution in [0.4, 0.5) is 0 Å². The molecule has 0 aliphatic carbocycles. The first-order chi connectivity index (χ1) is 43.8. The van der Waals surface area contributed by atoms with Gasteiger partial charge in [-0.3, -0.25) is 28.8 Å². The summed E-state index contributed by atoms with van der Waals surface area (Å²) >= 11 is 0. The highest BCUT2D eigenvalue weighted by Crippen LogP contribution is 2.14. The van der Waals surface area contributed by atoms with Crippen molar-refractivity contribution in [2.45, 2.75) is 315 Å². The number of carbonyl (C=O) groups is 6. The van der Waals surface area contributed by atoms with Crippen molar-refractivity contribution < 1.29 is 28.8 Å². The summed E-state index contributed by atoms with van der Waals surface area (Å²) in [6, 6.07) is -2.03. The maximum atomic E-state index is 13.2. The van der Waals surface area contributed by atoms with Crippen LogP contribution in [0.2, 0.25) is 0 Å². The number of Topliss-reactive ketones (excluding diaryl/α,β-unsaturated/α-hetero) is 1. The van der Waals surface area contributed by atoms with Gasteiger partial charge in [0.25, 0.3) is 0 Å². The Balaban J connectivity index is -0.000000324. The third-order valence-electron chi connectivity index (χ3n) is 17.2. The van der Waals surface area contributed by atoms with E-state index in [4.69, 9.17) is 22.9 Å². The fourth-order valence-corrected chi connectivity index (χ4v) is 11.2. The molecule has 1 aliphatic heterocycles. The van der Waals surface area contributed by atoms with Crippen molar-refractivity contribution in [1.29, 1.82) is 0 Å². The quantitative estimate of drug-likeness (QED) is 0.0201. The summed E-state index contributed by atoms with van der Waals surface area (Å²) in [6.45, 7) is 16.4. The van der Waals surface area contributed by atoms with Gasteiger partial charge in [-0.05, 0) is 188 Å². The minimum Gasteiger partial charge on any atom is -0.355 e. The van der Waals surface area contributed by atoms with E-state index in [1.165, 1.54) is 129 Å². The molecule has 0 aromatic rings. The molecule has 1 rings (SSSR count). The van der Waals surface area contributed by atoms with Gasteiger partial charge in [0.2, 0.25) is 29.5 Å². The third kappa shape index (κ3) is 70.4. The number of piperazine rings is 1. The Morgan fingerprint density at radius 2 is 0.688 bits per heavy atom. The average molecular weight is 1490 g/mol. The maximum absolute atomic E-state index is 13.2. The zero-order valence-corrected chi connectivity index (χ0v) is 65.8. The van der Waals surface area contributed by atoms with Crippen LogP contribution in [0.5, 0.6) is 0 Å². The normalized spacial score (nSPS) is 13.3. The van der Waals surface area contributed by atoms with Crippen LogP contribution in [0.25, 0.3) is 0 Å². The molecule has 14 N–H and O–H groups in total. The molecule has 96 heavy (non-hydrogen) atoms. The fourth-order valence-electron chi connectivity index (χ4n) is 11.2. The maximum Gasteiger partial charge on any atom is 0.242 e. The predicted octanol–water partition coefficient (Wildman–Crippen LogP) is 13.4. The summed E-state index contributed by atoms with van der Waals surface area (Å²) in [4.78, 5) is 79.7. The van der Waals surface area contributed by atoms with Crippen LogP contribution in [-0.4, -0.2) is 155 Å². The van der Waals surface area contributed by atoms with E-state index < -0.39 is 24.2 Å². The molecule has 0 spiro atoms. The van der Waals surface area contributed by atoms with Gasteiger partial charge in [0.1, 0.15) is 6.04 Å². The SMILES string of the molecule is CCCCCCCC/C=C\CCCCCCCC(=O)NC(CCCCNC(=O)C(N)CCCCN)C(=O)NCCCN1CCN(CCCNC)CC1.CCCCCCCC/C=C\CCCCCCCC(=O)NC(CCCCNC(=O)C(N)CCCCN)C(C)=O.Cl.Cl.Cl.Cl.Cl.Cl. The van der Waals surface area contributed by atoms with Gasteiger partial charge in [-0.15, -0.1) is 74.4 Å². The molecule has 574 valence electrons. The van der Waals surface area contributed by atoms with Crippen molar-refractivity contribution in [3.8, 4) is 0 Å². The number of nitrogens with one attached hydrogen (secondary N) is 6. The van der Waals surface area contributed by atoms with Crippen LogP contribution in [0, 0.1) is 0 Å². The fraction of sp³-hybridized carbons (Fsp3) is 0.861. The van der Waals surface area contributed by atoms with Gasteiger partial charge in [-0.1, -0.05) is 154 Å². The first-order valence-corrected chi connectivity index (χ1v) is 37.1. The predicted molar refractivity (Wildman–Crippen MR) is 421 cm³/mol. The first-order valence-electron chi connectivity index (χ1n) is 37.1. The van der Waals surface area contributed by atoms with E-state index in [0.29, 0.717) is 77.7 Å². The Morgan fingerprint density at radius 1 is 0.375 bits per heavy atom. The topological polar surface area (TPSA) is 285 Å². The molecule has 1 fully saturated rings. The molecule has 18 nitrogen and oxygen atoms in total. The van der Waals surface area contributed by atoms with Crippen LogP contribution in [-0.2, 0) is 28.8 Å². The molecule has 1 aliphatic rings. The van der Waals surface area contributed by atoms with Crippen LogP contribution >= 0.6 is 74.4 Å². The lowest BCUT2D eigenvalue weighted by atomic mass is 10.0. The number of nitrogens with zero attached hydrogens (tertiary/aromatic N) is 2. The van der Waals surface area contributed by atoms with Crippen LogP contribution < -0.4 is 54.8 Å². The summed E-state index contributed by atoms with van der Waals surface area (Å²) in [6.07, 6.45) is 52.9. The van der Waals surface area contributed by atoms with Gasteiger partial charge in [0.15, 0.2) is 5.78 Å². The molecule has 0 aromatic heterocycles. The van der Waals surface area contributed by atoms with E-state index in [1.807, 2.05) is 7.05 Å². The summed E-state index contributed by atoms with van der Waals surface area (Å²) in [7, 11) is 2.00. The molecular weight excluding hydrogens is 1340 g/mol. The molecule has 1 saturated heterocycles. The lowest BCUT2D eigenvalue weighted by molar-refractivity contribution is -0.129. The number of halogens is 6. The first kappa shape index (κ1) is 107. The molecule has 0 aromatic carbocycles. The second kappa shape index (κ2) is 81.9. The zero-order valence-electron chi connectivity index (χ0n) is 60.9. The third-order valence-corrected chi connectivity index (χ3v) is 17.2. The van der Waals surface area contributed by atoms with E-state index in [2.05, 4.69) is 79.9 Å². The second-order valence-electron chi connectivity index (χ2n) is 25.7. The van der Waals surface area contributed by atoms with E-state index in [1.54, 1.807) is 0 Å². The highest BCUT2D eigenvalue weighted by Gasteiger charge is 2.22. The molecule has 0 saturated carbocycles. The highest BCUT2D eigenvalue weighted by molar-refractivity contribution is 5.88. The Hall–Kier alpha value is -2.04. The van der Waals surface area contributed by atoms with Crippen LogP contribution in [0.1, 0.15) is 290 Å². The minimum atomic E-state index is -0.564. The molecule has 24 heteroatoms. The van der Waals surface area contributed by atoms with Gasteiger partial charge in [0.05, 0.1) is 18.1 Å². The monoisotopic (exact) mass is 1490 g/mol. The standard InChI is InChI=1S/C41H82N8O3.C31H60N4O3.6ClH/c1-3-4-5-6-7-8-9-10-11-12-13-14-15-16-17-26-39(50)47-38(25-19-21-29-45-40(51)37(43)24-18-20-27-42)41(52)46-30-23-32-49-35-33-48(34-36-49)31-22-28-44-2;1-3-4-5-6-7-8-9-10-11-12-13-14-15-16-17-24-30(37)35-29(27(2)36)23-19-21-26-34-31(38)28(33)22-18-20-25-32;;;;;;/h10-11,37-38,44H,3-9,12-36,42-43H2,1-2H3,(H,45,51)(H,46,52)(H,47,50);10-11,28-29H,3-9,12-26,32-33H2,1-2H3,(H,34,38)(H,35,37);6*1H/b2*11-10-;;;;;;. The highest BCUT2D eigenvalue weighted by atomic mass is 35.5. The van der Waals surface area contributed by atoms with Crippen LogP contribution in [0.15, 0.2) is 24.3 Å². The van der Waals surface area contributed by atoms with Crippen molar-refractivity contribution in [3.05, 3.63) is 24.3 Å². The van der Waals surface area contributed by atoms with Crippen molar-refractivity contribution in [1.82, 2.24) is 41.7 Å². The van der Waals surface area contributed by atoms with Crippen molar-refractivity contribution in [3.63, 3.8) is 0 Å². The van der Waals surface area contributed by atoms with E-state index >= 15 is 0 Å². The molecule has 0 radical (unpaired) electrons. The Kier molecular flexibility index (Phi) is 91.6. The van der Waals surface area contributed by atoms with Gasteiger partial charge in [0, 0.05) is 58.7 Å². The molecule has 0 bridgehead atoms. The number of unbranched alkanes of at least 4 members (excludes halogenated alkanes) is 26. The molecule has 4 unspecified atom stereocenters. The Morgan fingerprint density at radius 3 is 1.05 bits per heavy atom. The lowest BCUT2D eigenvalue weighted by Gasteiger charge is -2.34. The number of hydrogen-bond acceptors (Lipinski definition) is 13. The molecule has 1 heterocycles. The summed E-state index contributed by atoms with van der Waals surface area (Å²) in [5.74, 6) is -0.512. The number of amides is 5. The van der Waals surface area contributed by atoms with E-state index in [0.717, 1.165) is 149 Å². The molecule has 4 atom stereocenters. The molecular formula is C72H148Cl6N12O6. The number of allylic oxidation sites excluding steroid dienone is 4.